The number of nitriles is 1. The van der Waals surface area contributed by atoms with E-state index in [9.17, 15) is 14.9 Å². The normalized spacial score (nSPS) is 39.4. The molecule has 0 amide bonds. The van der Waals surface area contributed by atoms with Crippen LogP contribution < -0.4 is 0 Å². The van der Waals surface area contributed by atoms with E-state index in [1.54, 1.807) is 6.92 Å². The molecule has 3 aliphatic carbocycles. The van der Waals surface area contributed by atoms with Crippen molar-refractivity contribution in [1.29, 1.82) is 5.26 Å². The maximum atomic E-state index is 13.2. The minimum absolute atomic E-state index is 0.0268. The number of hydrogen-bond donors (Lipinski definition) is 0. The van der Waals surface area contributed by atoms with Crippen molar-refractivity contribution < 1.29 is 9.59 Å². The Morgan fingerprint density at radius 1 is 1.11 bits per heavy atom. The summed E-state index contributed by atoms with van der Waals surface area (Å²) in [5.74, 6) is 1.14. The van der Waals surface area contributed by atoms with Gasteiger partial charge in [0.15, 0.2) is 5.78 Å². The number of nitrogens with zero attached hydrogens (tertiary/aromatic N) is 1. The summed E-state index contributed by atoms with van der Waals surface area (Å²) < 4.78 is 0. The summed E-state index contributed by atoms with van der Waals surface area (Å²) in [5, 5.41) is 9.90. The van der Waals surface area contributed by atoms with Gasteiger partial charge in [-0.25, -0.2) is 0 Å². The van der Waals surface area contributed by atoms with Crippen molar-refractivity contribution in [1.82, 2.24) is 0 Å². The van der Waals surface area contributed by atoms with E-state index in [0.717, 1.165) is 25.2 Å². The number of hydrogen-bond acceptors (Lipinski definition) is 3. The summed E-state index contributed by atoms with van der Waals surface area (Å²) in [6.07, 6.45) is 12.0. The van der Waals surface area contributed by atoms with Crippen molar-refractivity contribution in [3.05, 3.63) is 11.6 Å². The molecule has 0 radical (unpaired) electrons. The first-order chi connectivity index (χ1) is 16.8. The maximum absolute atomic E-state index is 13.2. The van der Waals surface area contributed by atoms with Gasteiger partial charge in [-0.1, -0.05) is 81.7 Å². The minimum Gasteiger partial charge on any atom is -0.300 e. The Balaban J connectivity index is 2.01. The van der Waals surface area contributed by atoms with Crippen molar-refractivity contribution in [2.45, 2.75) is 134 Å². The summed E-state index contributed by atoms with van der Waals surface area (Å²) in [4.78, 5) is 26.0. The molecule has 208 valence electrons. The molecule has 3 aliphatic rings. The summed E-state index contributed by atoms with van der Waals surface area (Å²) in [5.41, 5.74) is 0.145. The fourth-order valence-corrected chi connectivity index (χ4v) is 9.61. The molecule has 0 bridgehead atoms. The lowest BCUT2D eigenvalue weighted by atomic mass is 9.39. The monoisotopic (exact) mass is 509 g/mol. The molecule has 3 rings (SSSR count). The van der Waals surface area contributed by atoms with E-state index in [1.165, 1.54) is 32.1 Å². The van der Waals surface area contributed by atoms with Gasteiger partial charge < -0.3 is 4.79 Å². The highest BCUT2D eigenvalue weighted by atomic mass is 16.1. The average Bonchev–Trinajstić information content (AvgIpc) is 2.78. The Kier molecular flexibility index (Phi) is 7.85. The Bertz CT molecular complexity index is 994. The van der Waals surface area contributed by atoms with E-state index in [4.69, 9.17) is 0 Å². The van der Waals surface area contributed by atoms with Gasteiger partial charge >= 0.3 is 0 Å². The first-order valence-corrected chi connectivity index (χ1v) is 15.0. The first-order valence-electron chi connectivity index (χ1n) is 15.0. The molecular formula is C34H55NO2. The molecular weight excluding hydrogens is 454 g/mol. The number of carbonyl (C=O) groups excluding carboxylic acids is 2. The van der Waals surface area contributed by atoms with Crippen LogP contribution in [-0.4, -0.2) is 11.6 Å². The zero-order chi connectivity index (χ0) is 28.2. The summed E-state index contributed by atoms with van der Waals surface area (Å²) >= 11 is 0. The maximum Gasteiger partial charge on any atom is 0.178 e. The van der Waals surface area contributed by atoms with Crippen molar-refractivity contribution in [2.75, 3.05) is 0 Å². The van der Waals surface area contributed by atoms with E-state index in [2.05, 4.69) is 61.5 Å². The third-order valence-corrected chi connectivity index (χ3v) is 12.7. The molecule has 0 aromatic rings. The van der Waals surface area contributed by atoms with E-state index >= 15 is 0 Å². The number of Topliss-reactive ketones (excluding diaryl/α,β-unsaturated/α-hetero) is 2. The standard InChI is InChI=1S/C34H55NO2/c1-12-34(17-15-29(4,5)20-23(34)2)18-16-30(6,7)33(11)14-13-26-31(8,9)28(37)25(22-35)21-32(26,10)27(33)19-24(3)36/h21,23,26-27H,12-20H2,1-11H3/t23?,26?,27-,32+,33-,34-/m1/s1. The lowest BCUT2D eigenvalue weighted by Gasteiger charge is -2.64. The van der Waals surface area contributed by atoms with Gasteiger partial charge in [-0.2, -0.15) is 5.26 Å². The van der Waals surface area contributed by atoms with Gasteiger partial charge in [0, 0.05) is 11.8 Å². The molecule has 0 aromatic carbocycles. The molecule has 2 unspecified atom stereocenters. The molecule has 0 aliphatic heterocycles. The predicted octanol–water partition coefficient (Wildman–Crippen LogP) is 9.11. The van der Waals surface area contributed by atoms with Crippen LogP contribution in [0.25, 0.3) is 0 Å². The van der Waals surface area contributed by atoms with E-state index in [0.29, 0.717) is 22.8 Å². The Labute approximate surface area is 228 Å². The molecule has 0 N–H and O–H groups in total. The smallest absolute Gasteiger partial charge is 0.178 e. The second-order valence-electron chi connectivity index (χ2n) is 15.9. The van der Waals surface area contributed by atoms with Crippen LogP contribution in [-0.2, 0) is 9.59 Å². The van der Waals surface area contributed by atoms with Crippen LogP contribution in [0.1, 0.15) is 134 Å². The number of fused-ring (bicyclic) bond motifs is 1. The number of ketones is 2. The van der Waals surface area contributed by atoms with Crippen LogP contribution in [0.3, 0.4) is 0 Å². The largest absolute Gasteiger partial charge is 0.300 e. The highest BCUT2D eigenvalue weighted by Gasteiger charge is 2.63. The van der Waals surface area contributed by atoms with Gasteiger partial charge in [0.2, 0.25) is 0 Å². The molecule has 37 heavy (non-hydrogen) atoms. The molecule has 3 nitrogen and oxygen atoms in total. The summed E-state index contributed by atoms with van der Waals surface area (Å²) in [7, 11) is 0. The Hall–Kier alpha value is -1.43. The van der Waals surface area contributed by atoms with Gasteiger partial charge in [0.25, 0.3) is 0 Å². The van der Waals surface area contributed by atoms with Gasteiger partial charge in [-0.15, -0.1) is 0 Å². The SMILES string of the molecule is CC[C@]1(CCC(C)(C)[C@]2(C)CCC3C(C)(C)C(=O)C(C#N)=C[C@]3(C)[C@H]2CC(C)=O)CCC(C)(C)CC1C. The van der Waals surface area contributed by atoms with E-state index < -0.39 is 5.41 Å². The van der Waals surface area contributed by atoms with E-state index in [1.807, 2.05) is 19.9 Å². The number of rotatable bonds is 7. The molecule has 2 saturated carbocycles. The fourth-order valence-electron chi connectivity index (χ4n) is 9.61. The van der Waals surface area contributed by atoms with Gasteiger partial charge in [0.05, 0.1) is 5.57 Å². The molecule has 2 fully saturated rings. The van der Waals surface area contributed by atoms with Crippen molar-refractivity contribution in [3.8, 4) is 6.07 Å². The summed E-state index contributed by atoms with van der Waals surface area (Å²) in [6, 6.07) is 2.23. The molecule has 0 spiro atoms. The molecule has 3 heteroatoms. The minimum atomic E-state index is -0.592. The highest BCUT2D eigenvalue weighted by Crippen LogP contribution is 2.68. The van der Waals surface area contributed by atoms with Crippen molar-refractivity contribution >= 4 is 11.6 Å². The quantitative estimate of drug-likeness (QED) is 0.344. The van der Waals surface area contributed by atoms with E-state index in [-0.39, 0.29) is 39.6 Å². The fraction of sp³-hybridized carbons (Fsp3) is 0.853. The second kappa shape index (κ2) is 9.64. The lowest BCUT2D eigenvalue weighted by molar-refractivity contribution is -0.156. The third kappa shape index (κ3) is 4.89. The first kappa shape index (κ1) is 30.1. The van der Waals surface area contributed by atoms with Gasteiger partial charge in [-0.05, 0) is 96.7 Å². The average molecular weight is 510 g/mol. The van der Waals surface area contributed by atoms with Gasteiger partial charge in [0.1, 0.15) is 11.9 Å². The zero-order valence-corrected chi connectivity index (χ0v) is 25.9. The van der Waals surface area contributed by atoms with Gasteiger partial charge in [-0.3, -0.25) is 4.79 Å². The van der Waals surface area contributed by atoms with Crippen molar-refractivity contribution in [3.63, 3.8) is 0 Å². The van der Waals surface area contributed by atoms with Crippen LogP contribution in [0.2, 0.25) is 0 Å². The topological polar surface area (TPSA) is 57.9 Å². The summed E-state index contributed by atoms with van der Waals surface area (Å²) in [6.45, 7) is 25.1. The second-order valence-corrected chi connectivity index (χ2v) is 15.9. The molecule has 0 saturated heterocycles. The number of allylic oxidation sites excluding steroid dienone is 2. The highest BCUT2D eigenvalue weighted by molar-refractivity contribution is 6.04. The Morgan fingerprint density at radius 2 is 1.73 bits per heavy atom. The predicted molar refractivity (Wildman–Crippen MR) is 153 cm³/mol. The molecule has 0 aromatic heterocycles. The van der Waals surface area contributed by atoms with Crippen LogP contribution in [0.15, 0.2) is 11.6 Å². The van der Waals surface area contributed by atoms with Crippen LogP contribution >= 0.6 is 0 Å². The number of carbonyl (C=O) groups is 2. The van der Waals surface area contributed by atoms with Crippen molar-refractivity contribution in [2.24, 2.45) is 50.2 Å². The third-order valence-electron chi connectivity index (χ3n) is 12.7. The zero-order valence-electron chi connectivity index (χ0n) is 25.9. The van der Waals surface area contributed by atoms with Crippen LogP contribution in [0.4, 0.5) is 0 Å². The van der Waals surface area contributed by atoms with Crippen LogP contribution in [0.5, 0.6) is 0 Å². The molecule has 0 heterocycles. The lowest BCUT2D eigenvalue weighted by Crippen LogP contribution is -2.60. The molecule has 6 atom stereocenters. The Morgan fingerprint density at radius 3 is 2.24 bits per heavy atom. The van der Waals surface area contributed by atoms with Crippen LogP contribution in [0, 0.1) is 61.6 Å².